The third-order valence-corrected chi connectivity index (χ3v) is 4.12. The van der Waals surface area contributed by atoms with Crippen LogP contribution < -0.4 is 14.8 Å². The van der Waals surface area contributed by atoms with Crippen molar-refractivity contribution in [2.24, 2.45) is 0 Å². The van der Waals surface area contributed by atoms with E-state index in [-0.39, 0.29) is 6.10 Å². The summed E-state index contributed by atoms with van der Waals surface area (Å²) >= 11 is 1.80. The molecule has 1 aromatic carbocycles. The van der Waals surface area contributed by atoms with Gasteiger partial charge in [0.05, 0.1) is 26.4 Å². The Balaban J connectivity index is 2.37. The van der Waals surface area contributed by atoms with Crippen LogP contribution in [0.1, 0.15) is 25.5 Å². The van der Waals surface area contributed by atoms with Crippen molar-refractivity contribution in [3.05, 3.63) is 17.7 Å². The average Bonchev–Trinajstić information content (AvgIpc) is 2.46. The molecule has 20 heavy (non-hydrogen) atoms. The predicted octanol–water partition coefficient (Wildman–Crippen LogP) is 2.87. The van der Waals surface area contributed by atoms with Crippen LogP contribution in [0.4, 0.5) is 0 Å². The topological polar surface area (TPSA) is 39.7 Å². The van der Waals surface area contributed by atoms with Gasteiger partial charge in [-0.25, -0.2) is 0 Å². The number of ether oxygens (including phenoxy) is 3. The van der Waals surface area contributed by atoms with Crippen LogP contribution in [0.5, 0.6) is 11.5 Å². The number of hydrogen-bond acceptors (Lipinski definition) is 5. The maximum atomic E-state index is 5.84. The van der Waals surface area contributed by atoms with Gasteiger partial charge in [0.1, 0.15) is 17.6 Å². The Hall–Kier alpha value is -0.910. The highest BCUT2D eigenvalue weighted by molar-refractivity contribution is 7.99. The van der Waals surface area contributed by atoms with E-state index < -0.39 is 0 Å². The molecule has 1 saturated heterocycles. The van der Waals surface area contributed by atoms with Crippen molar-refractivity contribution in [3.8, 4) is 11.5 Å². The molecule has 5 heteroatoms. The van der Waals surface area contributed by atoms with Crippen molar-refractivity contribution in [2.45, 2.75) is 30.1 Å². The molecule has 0 amide bonds. The summed E-state index contributed by atoms with van der Waals surface area (Å²) in [6, 6.07) is 4.14. The SMILES string of the molecule is COc1cc(SC(C)C)cc(OC)c1C1CNCCO1. The lowest BCUT2D eigenvalue weighted by molar-refractivity contribution is 0.0247. The summed E-state index contributed by atoms with van der Waals surface area (Å²) in [4.78, 5) is 1.15. The van der Waals surface area contributed by atoms with Crippen molar-refractivity contribution in [3.63, 3.8) is 0 Å². The summed E-state index contributed by atoms with van der Waals surface area (Å²) in [7, 11) is 3.39. The molecule has 0 spiro atoms. The summed E-state index contributed by atoms with van der Waals surface area (Å²) in [5.41, 5.74) is 0.996. The van der Waals surface area contributed by atoms with E-state index in [1.807, 2.05) is 0 Å². The van der Waals surface area contributed by atoms with Gasteiger partial charge in [0, 0.05) is 23.2 Å². The number of thioether (sulfide) groups is 1. The molecule has 0 saturated carbocycles. The quantitative estimate of drug-likeness (QED) is 0.846. The van der Waals surface area contributed by atoms with E-state index in [1.165, 1.54) is 0 Å². The summed E-state index contributed by atoms with van der Waals surface area (Å²) in [6.45, 7) is 6.72. The minimum absolute atomic E-state index is 0.0215. The Labute approximate surface area is 125 Å². The van der Waals surface area contributed by atoms with E-state index >= 15 is 0 Å². The fourth-order valence-electron chi connectivity index (χ4n) is 2.32. The Kier molecular flexibility index (Phi) is 5.57. The van der Waals surface area contributed by atoms with Crippen LogP contribution in [0.3, 0.4) is 0 Å². The van der Waals surface area contributed by atoms with Gasteiger partial charge in [-0.1, -0.05) is 13.8 Å². The number of morpholine rings is 1. The second kappa shape index (κ2) is 7.20. The molecule has 112 valence electrons. The maximum absolute atomic E-state index is 5.84. The van der Waals surface area contributed by atoms with Crippen molar-refractivity contribution in [1.29, 1.82) is 0 Å². The molecule has 4 nitrogen and oxygen atoms in total. The first-order chi connectivity index (χ1) is 9.65. The van der Waals surface area contributed by atoms with Crippen LogP contribution in [0, 0.1) is 0 Å². The normalized spacial score (nSPS) is 19.1. The van der Waals surface area contributed by atoms with Crippen molar-refractivity contribution in [1.82, 2.24) is 5.32 Å². The molecule has 1 fully saturated rings. The van der Waals surface area contributed by atoms with Gasteiger partial charge in [-0.3, -0.25) is 0 Å². The minimum atomic E-state index is -0.0215. The van der Waals surface area contributed by atoms with Crippen molar-refractivity contribution >= 4 is 11.8 Å². The van der Waals surface area contributed by atoms with E-state index in [9.17, 15) is 0 Å². The van der Waals surface area contributed by atoms with Gasteiger partial charge in [0.15, 0.2) is 0 Å². The standard InChI is InChI=1S/C15H23NO3S/c1-10(2)20-11-7-12(17-3)15(13(8-11)18-4)14-9-16-5-6-19-14/h7-8,10,14,16H,5-6,9H2,1-4H3. The Morgan fingerprint density at radius 3 is 2.35 bits per heavy atom. The molecule has 1 N–H and O–H groups in total. The highest BCUT2D eigenvalue weighted by Crippen LogP contribution is 2.40. The largest absolute Gasteiger partial charge is 0.496 e. The highest BCUT2D eigenvalue weighted by atomic mass is 32.2. The second-order valence-electron chi connectivity index (χ2n) is 4.97. The molecule has 1 aliphatic heterocycles. The lowest BCUT2D eigenvalue weighted by Gasteiger charge is -2.27. The molecule has 0 aromatic heterocycles. The summed E-state index contributed by atoms with van der Waals surface area (Å²) in [5.74, 6) is 1.67. The molecule has 0 aliphatic carbocycles. The summed E-state index contributed by atoms with van der Waals surface area (Å²) in [5, 5.41) is 3.86. The zero-order chi connectivity index (χ0) is 14.5. The first-order valence-corrected chi connectivity index (χ1v) is 7.78. The second-order valence-corrected chi connectivity index (χ2v) is 6.62. The molecule has 0 radical (unpaired) electrons. The monoisotopic (exact) mass is 297 g/mol. The predicted molar refractivity (Wildman–Crippen MR) is 82.1 cm³/mol. The Morgan fingerprint density at radius 2 is 1.90 bits per heavy atom. The zero-order valence-electron chi connectivity index (χ0n) is 12.6. The zero-order valence-corrected chi connectivity index (χ0v) is 13.4. The molecule has 1 heterocycles. The Bertz CT molecular complexity index is 420. The van der Waals surface area contributed by atoms with Gasteiger partial charge in [-0.05, 0) is 12.1 Å². The molecule has 1 aromatic rings. The number of nitrogens with one attached hydrogen (secondary N) is 1. The van der Waals surface area contributed by atoms with Crippen LogP contribution in [0.15, 0.2) is 17.0 Å². The number of methoxy groups -OCH3 is 2. The fourth-order valence-corrected chi connectivity index (χ4v) is 3.22. The van der Waals surface area contributed by atoms with Gasteiger partial charge >= 0.3 is 0 Å². The summed E-state index contributed by atoms with van der Waals surface area (Å²) < 4.78 is 17.0. The molecule has 1 aliphatic rings. The molecule has 0 bridgehead atoms. The fraction of sp³-hybridized carbons (Fsp3) is 0.600. The van der Waals surface area contributed by atoms with Crippen LogP contribution in [-0.2, 0) is 4.74 Å². The third kappa shape index (κ3) is 3.59. The highest BCUT2D eigenvalue weighted by Gasteiger charge is 2.24. The minimum Gasteiger partial charge on any atom is -0.496 e. The van der Waals surface area contributed by atoms with Gasteiger partial charge in [0.25, 0.3) is 0 Å². The Morgan fingerprint density at radius 1 is 1.25 bits per heavy atom. The van der Waals surface area contributed by atoms with Crippen molar-refractivity contribution < 1.29 is 14.2 Å². The first-order valence-electron chi connectivity index (χ1n) is 6.90. The molecule has 1 atom stereocenters. The maximum Gasteiger partial charge on any atom is 0.129 e. The van der Waals surface area contributed by atoms with E-state index in [4.69, 9.17) is 14.2 Å². The lowest BCUT2D eigenvalue weighted by atomic mass is 10.1. The number of benzene rings is 1. The van der Waals surface area contributed by atoms with Gasteiger partial charge in [0.2, 0.25) is 0 Å². The van der Waals surface area contributed by atoms with E-state index in [0.29, 0.717) is 11.9 Å². The lowest BCUT2D eigenvalue weighted by Crippen LogP contribution is -2.33. The first kappa shape index (κ1) is 15.5. The third-order valence-electron chi connectivity index (χ3n) is 3.14. The molecular weight excluding hydrogens is 274 g/mol. The van der Waals surface area contributed by atoms with Crippen LogP contribution in [-0.4, -0.2) is 39.2 Å². The smallest absolute Gasteiger partial charge is 0.129 e. The molecular formula is C15H23NO3S. The van der Waals surface area contributed by atoms with Gasteiger partial charge in [-0.2, -0.15) is 0 Å². The molecule has 2 rings (SSSR count). The average molecular weight is 297 g/mol. The van der Waals surface area contributed by atoms with Crippen LogP contribution in [0.2, 0.25) is 0 Å². The van der Waals surface area contributed by atoms with Gasteiger partial charge in [-0.15, -0.1) is 11.8 Å². The number of hydrogen-bond donors (Lipinski definition) is 1. The van der Waals surface area contributed by atoms with Crippen LogP contribution in [0.25, 0.3) is 0 Å². The van der Waals surface area contributed by atoms with Crippen LogP contribution >= 0.6 is 11.8 Å². The summed E-state index contributed by atoms with van der Waals surface area (Å²) in [6.07, 6.45) is -0.0215. The van der Waals surface area contributed by atoms with E-state index in [1.54, 1.807) is 26.0 Å². The van der Waals surface area contributed by atoms with Crippen molar-refractivity contribution in [2.75, 3.05) is 33.9 Å². The van der Waals surface area contributed by atoms with E-state index in [2.05, 4.69) is 31.3 Å². The van der Waals surface area contributed by atoms with Gasteiger partial charge < -0.3 is 19.5 Å². The van der Waals surface area contributed by atoms with E-state index in [0.717, 1.165) is 35.0 Å². The molecule has 1 unspecified atom stereocenters. The number of rotatable bonds is 5.